The van der Waals surface area contributed by atoms with E-state index in [0.717, 1.165) is 37.1 Å². The van der Waals surface area contributed by atoms with Crippen LogP contribution in [0.15, 0.2) is 29.4 Å². The number of hydrogen-bond acceptors (Lipinski definition) is 2. The first-order valence-corrected chi connectivity index (χ1v) is 6.30. The number of carbonyl (C=O) groups excluding carboxylic acids is 1. The maximum atomic E-state index is 12.2. The van der Waals surface area contributed by atoms with Gasteiger partial charge < -0.3 is 0 Å². The van der Waals surface area contributed by atoms with E-state index >= 15 is 0 Å². The van der Waals surface area contributed by atoms with Crippen molar-refractivity contribution < 1.29 is 4.79 Å². The Morgan fingerprint density at radius 1 is 1.24 bits per heavy atom. The van der Waals surface area contributed by atoms with Crippen LogP contribution in [-0.4, -0.2) is 11.6 Å². The molecule has 4 heteroatoms. The maximum Gasteiger partial charge on any atom is 0.256 e. The molecular weight excluding hydrogens is 236 g/mol. The zero-order chi connectivity index (χ0) is 11.8. The van der Waals surface area contributed by atoms with Crippen molar-refractivity contribution >= 4 is 28.9 Å². The minimum absolute atomic E-state index is 0.0272. The van der Waals surface area contributed by atoms with Crippen LogP contribution in [-0.2, 0) is 4.79 Å². The van der Waals surface area contributed by atoms with Crippen molar-refractivity contribution in [3.8, 4) is 0 Å². The molecule has 0 saturated heterocycles. The summed E-state index contributed by atoms with van der Waals surface area (Å²) in [5, 5.41) is 6.65. The standard InChI is InChI=1S/C13H13ClN2O/c14-9-5-7-10(8-6-9)16-13(17)11-3-1-2-4-12(11)15-16/h5-8,11H,1-4H2. The predicted molar refractivity (Wildman–Crippen MR) is 68.3 cm³/mol. The van der Waals surface area contributed by atoms with E-state index in [4.69, 9.17) is 11.6 Å². The van der Waals surface area contributed by atoms with Crippen LogP contribution in [0.2, 0.25) is 5.02 Å². The first kappa shape index (κ1) is 10.8. The van der Waals surface area contributed by atoms with Crippen molar-refractivity contribution in [1.82, 2.24) is 0 Å². The molecule has 1 saturated carbocycles. The maximum absolute atomic E-state index is 12.2. The Morgan fingerprint density at radius 3 is 2.71 bits per heavy atom. The number of amides is 1. The Morgan fingerprint density at radius 2 is 2.00 bits per heavy atom. The van der Waals surface area contributed by atoms with E-state index in [1.54, 1.807) is 12.1 Å². The number of hydrogen-bond donors (Lipinski definition) is 0. The van der Waals surface area contributed by atoms with E-state index in [2.05, 4.69) is 5.10 Å². The molecule has 1 heterocycles. The van der Waals surface area contributed by atoms with Crippen LogP contribution in [0.1, 0.15) is 25.7 Å². The molecule has 0 spiro atoms. The van der Waals surface area contributed by atoms with Gasteiger partial charge in [0.15, 0.2) is 0 Å². The molecule has 1 aromatic rings. The van der Waals surface area contributed by atoms with Crippen molar-refractivity contribution in [3.05, 3.63) is 29.3 Å². The number of nitrogens with zero attached hydrogens (tertiary/aromatic N) is 2. The Kier molecular flexibility index (Phi) is 2.63. The van der Waals surface area contributed by atoms with Gasteiger partial charge in [-0.2, -0.15) is 5.10 Å². The van der Waals surface area contributed by atoms with Gasteiger partial charge in [-0.05, 0) is 43.5 Å². The summed E-state index contributed by atoms with van der Waals surface area (Å²) in [6.07, 6.45) is 4.18. The molecule has 0 radical (unpaired) electrons. The smallest absolute Gasteiger partial charge is 0.256 e. The summed E-state index contributed by atoms with van der Waals surface area (Å²) >= 11 is 5.84. The summed E-state index contributed by atoms with van der Waals surface area (Å²) in [4.78, 5) is 12.2. The lowest BCUT2D eigenvalue weighted by molar-refractivity contribution is -0.120. The lowest BCUT2D eigenvalue weighted by atomic mass is 9.87. The summed E-state index contributed by atoms with van der Waals surface area (Å²) in [5.74, 6) is 0.140. The Bertz CT molecular complexity index is 481. The van der Waals surface area contributed by atoms with Crippen molar-refractivity contribution in [2.75, 3.05) is 5.01 Å². The Labute approximate surface area is 105 Å². The molecule has 3 rings (SSSR count). The highest BCUT2D eigenvalue weighted by atomic mass is 35.5. The quantitative estimate of drug-likeness (QED) is 0.751. The first-order valence-electron chi connectivity index (χ1n) is 5.92. The van der Waals surface area contributed by atoms with Crippen molar-refractivity contribution in [2.45, 2.75) is 25.7 Å². The van der Waals surface area contributed by atoms with Crippen LogP contribution in [0.3, 0.4) is 0 Å². The van der Waals surface area contributed by atoms with Crippen LogP contribution in [0.4, 0.5) is 5.69 Å². The highest BCUT2D eigenvalue weighted by Gasteiger charge is 2.37. The third kappa shape index (κ3) is 1.84. The van der Waals surface area contributed by atoms with Crippen molar-refractivity contribution in [2.24, 2.45) is 11.0 Å². The number of halogens is 1. The molecule has 1 unspecified atom stereocenters. The monoisotopic (exact) mass is 248 g/mol. The van der Waals surface area contributed by atoms with Gasteiger partial charge in [0.2, 0.25) is 0 Å². The van der Waals surface area contributed by atoms with Crippen LogP contribution < -0.4 is 5.01 Å². The molecular formula is C13H13ClN2O. The molecule has 1 aliphatic heterocycles. The molecule has 88 valence electrons. The summed E-state index contributed by atoms with van der Waals surface area (Å²) in [6.45, 7) is 0. The topological polar surface area (TPSA) is 32.7 Å². The van der Waals surface area contributed by atoms with Gasteiger partial charge in [-0.25, -0.2) is 5.01 Å². The van der Waals surface area contributed by atoms with Gasteiger partial charge in [-0.1, -0.05) is 18.0 Å². The van der Waals surface area contributed by atoms with Gasteiger partial charge >= 0.3 is 0 Å². The van der Waals surface area contributed by atoms with E-state index in [1.165, 1.54) is 5.01 Å². The summed E-state index contributed by atoms with van der Waals surface area (Å²) < 4.78 is 0. The van der Waals surface area contributed by atoms with Gasteiger partial charge in [0.1, 0.15) is 0 Å². The fraction of sp³-hybridized carbons (Fsp3) is 0.385. The summed E-state index contributed by atoms with van der Waals surface area (Å²) in [5.41, 5.74) is 1.86. The SMILES string of the molecule is O=C1C2CCCCC2=NN1c1ccc(Cl)cc1. The number of carbonyl (C=O) groups is 1. The fourth-order valence-corrected chi connectivity index (χ4v) is 2.60. The molecule has 2 aliphatic rings. The van der Waals surface area contributed by atoms with E-state index in [1.807, 2.05) is 12.1 Å². The van der Waals surface area contributed by atoms with Gasteiger partial charge in [0.25, 0.3) is 5.91 Å². The number of rotatable bonds is 1. The molecule has 0 N–H and O–H groups in total. The van der Waals surface area contributed by atoms with E-state index in [-0.39, 0.29) is 11.8 Å². The fourth-order valence-electron chi connectivity index (χ4n) is 2.47. The normalized spacial score (nSPS) is 23.6. The zero-order valence-electron chi connectivity index (χ0n) is 9.40. The second kappa shape index (κ2) is 4.15. The number of hydrazone groups is 1. The lowest BCUT2D eigenvalue weighted by Gasteiger charge is -2.16. The number of anilines is 1. The predicted octanol–water partition coefficient (Wildman–Crippen LogP) is 3.23. The molecule has 1 atom stereocenters. The van der Waals surface area contributed by atoms with E-state index in [0.29, 0.717) is 5.02 Å². The van der Waals surface area contributed by atoms with Crippen LogP contribution in [0.25, 0.3) is 0 Å². The Balaban J connectivity index is 1.92. The van der Waals surface area contributed by atoms with Crippen molar-refractivity contribution in [3.63, 3.8) is 0 Å². The number of fused-ring (bicyclic) bond motifs is 1. The third-order valence-corrected chi connectivity index (χ3v) is 3.64. The molecule has 17 heavy (non-hydrogen) atoms. The molecule has 1 aromatic carbocycles. The highest BCUT2D eigenvalue weighted by Crippen LogP contribution is 2.32. The van der Waals surface area contributed by atoms with E-state index < -0.39 is 0 Å². The van der Waals surface area contributed by atoms with Gasteiger partial charge in [-0.15, -0.1) is 0 Å². The minimum atomic E-state index is 0.0272. The average Bonchev–Trinajstić information content (AvgIpc) is 2.69. The highest BCUT2D eigenvalue weighted by molar-refractivity contribution is 6.30. The molecule has 0 bridgehead atoms. The largest absolute Gasteiger partial charge is 0.272 e. The van der Waals surface area contributed by atoms with Gasteiger partial charge in [0.05, 0.1) is 17.3 Å². The molecule has 0 aromatic heterocycles. The zero-order valence-corrected chi connectivity index (χ0v) is 10.2. The first-order chi connectivity index (χ1) is 8.25. The average molecular weight is 249 g/mol. The second-order valence-corrected chi connectivity index (χ2v) is 4.95. The molecule has 1 aliphatic carbocycles. The van der Waals surface area contributed by atoms with Crippen LogP contribution in [0.5, 0.6) is 0 Å². The van der Waals surface area contributed by atoms with Crippen LogP contribution >= 0.6 is 11.6 Å². The molecule has 3 nitrogen and oxygen atoms in total. The third-order valence-electron chi connectivity index (χ3n) is 3.38. The molecule has 1 fully saturated rings. The molecule has 1 amide bonds. The van der Waals surface area contributed by atoms with Crippen molar-refractivity contribution in [1.29, 1.82) is 0 Å². The summed E-state index contributed by atoms with van der Waals surface area (Å²) in [6, 6.07) is 7.24. The summed E-state index contributed by atoms with van der Waals surface area (Å²) in [7, 11) is 0. The minimum Gasteiger partial charge on any atom is -0.272 e. The van der Waals surface area contributed by atoms with Crippen LogP contribution in [0, 0.1) is 5.92 Å². The number of benzene rings is 1. The van der Waals surface area contributed by atoms with Gasteiger partial charge in [-0.3, -0.25) is 4.79 Å². The Hall–Kier alpha value is -1.35. The lowest BCUT2D eigenvalue weighted by Crippen LogP contribution is -2.28. The van der Waals surface area contributed by atoms with E-state index in [9.17, 15) is 4.79 Å². The van der Waals surface area contributed by atoms with Gasteiger partial charge in [0, 0.05) is 5.02 Å². The second-order valence-electron chi connectivity index (χ2n) is 4.52.